The second-order valence-electron chi connectivity index (χ2n) is 5.25. The normalized spacial score (nSPS) is 10.1. The summed E-state index contributed by atoms with van der Waals surface area (Å²) in [5.74, 6) is 0.798. The number of nitrogens with two attached hydrogens (primary N) is 1. The number of carbonyl (C=O) groups excluding carboxylic acids is 1. The van der Waals surface area contributed by atoms with Crippen LogP contribution in [0.25, 0.3) is 0 Å². The number of ether oxygens (including phenoxy) is 1. The monoisotopic (exact) mass is 355 g/mol. The van der Waals surface area contributed by atoms with Crippen LogP contribution in [0, 0.1) is 13.8 Å². The van der Waals surface area contributed by atoms with Crippen LogP contribution in [-0.2, 0) is 13.1 Å². The molecule has 1 aromatic carbocycles. The number of amides is 1. The summed E-state index contributed by atoms with van der Waals surface area (Å²) in [5.41, 5.74) is 9.19. The van der Waals surface area contributed by atoms with Crippen molar-refractivity contribution in [2.75, 3.05) is 14.2 Å². The van der Waals surface area contributed by atoms with E-state index in [2.05, 4.69) is 4.98 Å². The molecule has 0 atom stereocenters. The summed E-state index contributed by atoms with van der Waals surface area (Å²) in [6.07, 6.45) is 0. The fourth-order valence-electron chi connectivity index (χ4n) is 2.50. The number of carbonyl (C=O) groups is 1. The smallest absolute Gasteiger partial charge is 0.273 e. The predicted molar refractivity (Wildman–Crippen MR) is 95.5 cm³/mol. The number of hydrogen-bond acceptors (Lipinski definition) is 5. The third-order valence-corrected chi connectivity index (χ3v) is 4.31. The van der Waals surface area contributed by atoms with Crippen molar-refractivity contribution in [1.82, 2.24) is 9.88 Å². The van der Waals surface area contributed by atoms with Gasteiger partial charge in [-0.05, 0) is 30.5 Å². The average molecular weight is 356 g/mol. The number of hydrogen-bond donors (Lipinski definition) is 1. The van der Waals surface area contributed by atoms with Crippen molar-refractivity contribution < 1.29 is 9.53 Å². The third kappa shape index (κ3) is 4.43. The Balaban J connectivity index is 0.00000264. The van der Waals surface area contributed by atoms with Gasteiger partial charge in [0.05, 0.1) is 7.11 Å². The zero-order valence-electron chi connectivity index (χ0n) is 13.8. The van der Waals surface area contributed by atoms with Crippen LogP contribution in [-0.4, -0.2) is 29.9 Å². The molecule has 0 fully saturated rings. The Labute approximate surface area is 146 Å². The molecule has 0 bridgehead atoms. The van der Waals surface area contributed by atoms with Crippen LogP contribution < -0.4 is 10.5 Å². The van der Waals surface area contributed by atoms with Crippen molar-refractivity contribution in [2.45, 2.75) is 26.9 Å². The number of halogens is 1. The van der Waals surface area contributed by atoms with E-state index in [1.165, 1.54) is 11.3 Å². The average Bonchev–Trinajstić information content (AvgIpc) is 2.95. The number of nitrogens with zero attached hydrogens (tertiary/aromatic N) is 2. The Kier molecular flexibility index (Phi) is 7.00. The van der Waals surface area contributed by atoms with Gasteiger partial charge in [0.1, 0.15) is 16.5 Å². The topological polar surface area (TPSA) is 68.5 Å². The van der Waals surface area contributed by atoms with Crippen molar-refractivity contribution in [3.63, 3.8) is 0 Å². The van der Waals surface area contributed by atoms with E-state index >= 15 is 0 Å². The largest absolute Gasteiger partial charge is 0.496 e. The predicted octanol–water partition coefficient (Wildman–Crippen LogP) is 2.92. The number of thiazole rings is 1. The minimum Gasteiger partial charge on any atom is -0.496 e. The lowest BCUT2D eigenvalue weighted by atomic mass is 10.1. The van der Waals surface area contributed by atoms with Gasteiger partial charge < -0.3 is 15.4 Å². The molecule has 0 saturated carbocycles. The third-order valence-electron chi connectivity index (χ3n) is 3.44. The van der Waals surface area contributed by atoms with E-state index < -0.39 is 0 Å². The van der Waals surface area contributed by atoms with Crippen molar-refractivity contribution in [3.05, 3.63) is 44.9 Å². The molecule has 7 heteroatoms. The van der Waals surface area contributed by atoms with E-state index in [9.17, 15) is 4.79 Å². The highest BCUT2D eigenvalue weighted by molar-refractivity contribution is 7.09. The Morgan fingerprint density at radius 3 is 2.43 bits per heavy atom. The van der Waals surface area contributed by atoms with E-state index in [4.69, 9.17) is 10.5 Å². The van der Waals surface area contributed by atoms with Crippen LogP contribution >= 0.6 is 23.7 Å². The zero-order valence-corrected chi connectivity index (χ0v) is 15.4. The summed E-state index contributed by atoms with van der Waals surface area (Å²) in [6.45, 7) is 4.90. The van der Waals surface area contributed by atoms with E-state index in [1.807, 2.05) is 26.0 Å². The molecule has 5 nitrogen and oxygen atoms in total. The highest BCUT2D eigenvalue weighted by Crippen LogP contribution is 2.25. The maximum Gasteiger partial charge on any atom is 0.273 e. The summed E-state index contributed by atoms with van der Waals surface area (Å²) >= 11 is 1.41. The molecule has 23 heavy (non-hydrogen) atoms. The van der Waals surface area contributed by atoms with Gasteiger partial charge in [0.25, 0.3) is 5.91 Å². The first kappa shape index (κ1) is 19.4. The number of rotatable bonds is 5. The highest BCUT2D eigenvalue weighted by atomic mass is 35.5. The van der Waals surface area contributed by atoms with E-state index in [0.717, 1.165) is 27.4 Å². The van der Waals surface area contributed by atoms with Crippen LogP contribution in [0.1, 0.15) is 32.2 Å². The van der Waals surface area contributed by atoms with Gasteiger partial charge in [-0.25, -0.2) is 4.98 Å². The maximum absolute atomic E-state index is 12.4. The van der Waals surface area contributed by atoms with Crippen LogP contribution in [0.4, 0.5) is 0 Å². The lowest BCUT2D eigenvalue weighted by molar-refractivity contribution is 0.0780. The summed E-state index contributed by atoms with van der Waals surface area (Å²) in [7, 11) is 3.45. The molecule has 0 unspecified atom stereocenters. The minimum absolute atomic E-state index is 0. The van der Waals surface area contributed by atoms with Crippen LogP contribution in [0.5, 0.6) is 5.75 Å². The van der Waals surface area contributed by atoms with Gasteiger partial charge in [0.15, 0.2) is 0 Å². The zero-order chi connectivity index (χ0) is 16.3. The fourth-order valence-corrected chi connectivity index (χ4v) is 3.15. The Bertz CT molecular complexity index is 665. The number of aryl methyl sites for hydroxylation is 2. The van der Waals surface area contributed by atoms with Crippen molar-refractivity contribution in [2.24, 2.45) is 5.73 Å². The molecule has 1 amide bonds. The van der Waals surface area contributed by atoms with Crippen molar-refractivity contribution in [1.29, 1.82) is 0 Å². The summed E-state index contributed by atoms with van der Waals surface area (Å²) in [6, 6.07) is 4.09. The lowest BCUT2D eigenvalue weighted by Crippen LogP contribution is -2.26. The maximum atomic E-state index is 12.4. The van der Waals surface area contributed by atoms with Crippen LogP contribution in [0.3, 0.4) is 0 Å². The standard InChI is InChI=1S/C16H21N3O2S.ClH/c1-10-5-12(6-11(2)15(10)21-4)8-19(3)16(20)13-9-22-14(7-17)18-13;/h5-6,9H,7-8,17H2,1-4H3;1H. The van der Waals surface area contributed by atoms with Gasteiger partial charge in [0.2, 0.25) is 0 Å². The summed E-state index contributed by atoms with van der Waals surface area (Å²) in [5, 5.41) is 2.53. The van der Waals surface area contributed by atoms with E-state index in [-0.39, 0.29) is 18.3 Å². The first-order valence-corrected chi connectivity index (χ1v) is 7.88. The molecule has 1 aromatic heterocycles. The molecule has 2 aromatic rings. The first-order chi connectivity index (χ1) is 10.5. The van der Waals surface area contributed by atoms with Gasteiger partial charge in [-0.3, -0.25) is 4.79 Å². The molecule has 0 spiro atoms. The van der Waals surface area contributed by atoms with Crippen molar-refractivity contribution in [3.8, 4) is 5.75 Å². The van der Waals surface area contributed by atoms with Crippen LogP contribution in [0.2, 0.25) is 0 Å². The number of benzene rings is 1. The molecular weight excluding hydrogens is 334 g/mol. The minimum atomic E-state index is -0.0953. The molecule has 0 radical (unpaired) electrons. The molecule has 0 aliphatic carbocycles. The van der Waals surface area contributed by atoms with Gasteiger partial charge in [-0.15, -0.1) is 23.7 Å². The van der Waals surface area contributed by atoms with Crippen molar-refractivity contribution >= 4 is 29.7 Å². The molecule has 2 rings (SSSR count). The Hall–Kier alpha value is -1.63. The number of aromatic nitrogens is 1. The highest BCUT2D eigenvalue weighted by Gasteiger charge is 2.16. The molecule has 126 valence electrons. The summed E-state index contributed by atoms with van der Waals surface area (Å²) in [4.78, 5) is 18.3. The van der Waals surface area contributed by atoms with Gasteiger partial charge in [-0.2, -0.15) is 0 Å². The second kappa shape index (κ2) is 8.29. The summed E-state index contributed by atoms with van der Waals surface area (Å²) < 4.78 is 5.37. The second-order valence-corrected chi connectivity index (χ2v) is 6.20. The molecule has 2 N–H and O–H groups in total. The molecule has 0 saturated heterocycles. The van der Waals surface area contributed by atoms with Crippen LogP contribution in [0.15, 0.2) is 17.5 Å². The molecular formula is C16H22ClN3O2S. The lowest BCUT2D eigenvalue weighted by Gasteiger charge is -2.18. The molecule has 1 heterocycles. The van der Waals surface area contributed by atoms with Gasteiger partial charge >= 0.3 is 0 Å². The SMILES string of the molecule is COc1c(C)cc(CN(C)C(=O)c2csc(CN)n2)cc1C.Cl. The van der Waals surface area contributed by atoms with Gasteiger partial charge in [-0.1, -0.05) is 12.1 Å². The molecule has 0 aliphatic heterocycles. The fraction of sp³-hybridized carbons (Fsp3) is 0.375. The quantitative estimate of drug-likeness (QED) is 0.895. The number of methoxy groups -OCH3 is 1. The molecule has 0 aliphatic rings. The van der Waals surface area contributed by atoms with E-state index in [1.54, 1.807) is 24.4 Å². The Morgan fingerprint density at radius 1 is 1.35 bits per heavy atom. The van der Waals surface area contributed by atoms with E-state index in [0.29, 0.717) is 18.8 Å². The Morgan fingerprint density at radius 2 is 1.96 bits per heavy atom. The first-order valence-electron chi connectivity index (χ1n) is 7.00. The van der Waals surface area contributed by atoms with Gasteiger partial charge in [0, 0.05) is 25.5 Å².